The van der Waals surface area contributed by atoms with E-state index < -0.39 is 35.7 Å². The van der Waals surface area contributed by atoms with Crippen molar-refractivity contribution in [3.63, 3.8) is 0 Å². The van der Waals surface area contributed by atoms with Crippen LogP contribution in [0.3, 0.4) is 0 Å². The molecule has 1 unspecified atom stereocenters. The Morgan fingerprint density at radius 2 is 1.48 bits per heavy atom. The lowest BCUT2D eigenvalue weighted by Crippen LogP contribution is -2.41. The van der Waals surface area contributed by atoms with Crippen molar-refractivity contribution in [3.8, 4) is 5.75 Å². The van der Waals surface area contributed by atoms with Crippen molar-refractivity contribution in [1.82, 2.24) is 0 Å². The van der Waals surface area contributed by atoms with Crippen LogP contribution in [-0.4, -0.2) is 44.1 Å². The van der Waals surface area contributed by atoms with Gasteiger partial charge in [-0.3, -0.25) is 4.21 Å². The number of aliphatic hydroxyl groups excluding tert-OH is 1. The van der Waals surface area contributed by atoms with Crippen molar-refractivity contribution in [1.29, 1.82) is 0 Å². The third kappa shape index (κ3) is 7.78. The molecule has 0 heterocycles. The quantitative estimate of drug-likeness (QED) is 0.169. The monoisotopic (exact) mass is 592 g/mol. The minimum Gasteiger partial charge on any atom is -0.508 e. The average molecular weight is 593 g/mol. The Morgan fingerprint density at radius 3 is 2.20 bits per heavy atom. The maximum atomic E-state index is 12.9. The van der Waals surface area contributed by atoms with Crippen LogP contribution in [0.1, 0.15) is 107 Å². The van der Waals surface area contributed by atoms with E-state index in [0.29, 0.717) is 47.5 Å². The van der Waals surface area contributed by atoms with Crippen molar-refractivity contribution >= 4 is 10.8 Å². The standard InChI is InChI=1S/C31H45F5O3S/c32-30(33,31(34,35)36)16-8-18-40(39)17-7-5-3-1-2-4-6-9-21-19-22-20-23(37)10-11-24(22)26-13-12-25-27(29(21)26)14-15-28(25)38/h10-11,20-21,25-29,37-38H,1-9,12-19H2/t21-,25+,26-,27-,28+,29-,40?/m1/s1. The van der Waals surface area contributed by atoms with Crippen molar-refractivity contribution < 1.29 is 36.4 Å². The number of aliphatic hydroxyl groups is 1. The average Bonchev–Trinajstić information content (AvgIpc) is 3.27. The van der Waals surface area contributed by atoms with E-state index in [1.165, 1.54) is 17.5 Å². The summed E-state index contributed by atoms with van der Waals surface area (Å²) >= 11 is 0. The molecule has 0 saturated heterocycles. The number of hydrogen-bond acceptors (Lipinski definition) is 3. The highest BCUT2D eigenvalue weighted by atomic mass is 32.2. The molecule has 1 aromatic rings. The van der Waals surface area contributed by atoms with E-state index in [0.717, 1.165) is 70.6 Å². The molecule has 7 atom stereocenters. The first kappa shape index (κ1) is 31.7. The Hall–Kier alpha value is -1.22. The molecule has 0 aliphatic heterocycles. The van der Waals surface area contributed by atoms with Crippen LogP contribution in [-0.2, 0) is 17.2 Å². The van der Waals surface area contributed by atoms with E-state index in [1.54, 1.807) is 0 Å². The van der Waals surface area contributed by atoms with Crippen LogP contribution in [0.15, 0.2) is 18.2 Å². The van der Waals surface area contributed by atoms with E-state index in [9.17, 15) is 36.4 Å². The zero-order chi connectivity index (χ0) is 28.9. The molecule has 1 aromatic carbocycles. The Balaban J connectivity index is 1.13. The van der Waals surface area contributed by atoms with Gasteiger partial charge in [0.05, 0.1) is 6.10 Å². The topological polar surface area (TPSA) is 57.5 Å². The van der Waals surface area contributed by atoms with Gasteiger partial charge in [-0.1, -0.05) is 44.6 Å². The Morgan fingerprint density at radius 1 is 0.825 bits per heavy atom. The molecule has 0 bridgehead atoms. The number of aromatic hydroxyl groups is 1. The highest BCUT2D eigenvalue weighted by molar-refractivity contribution is 7.84. The Labute approximate surface area is 237 Å². The zero-order valence-electron chi connectivity index (χ0n) is 23.3. The minimum atomic E-state index is -5.54. The van der Waals surface area contributed by atoms with Crippen molar-refractivity contribution in [2.45, 2.75) is 120 Å². The van der Waals surface area contributed by atoms with Gasteiger partial charge in [0.2, 0.25) is 0 Å². The minimum absolute atomic E-state index is 0.112. The second-order valence-corrected chi connectivity index (χ2v) is 14.2. The van der Waals surface area contributed by atoms with Crippen LogP contribution in [0.4, 0.5) is 22.0 Å². The summed E-state index contributed by atoms with van der Waals surface area (Å²) in [5.74, 6) is -1.33. The summed E-state index contributed by atoms with van der Waals surface area (Å²) in [5, 5.41) is 20.7. The molecule has 0 aromatic heterocycles. The molecule has 0 amide bonds. The smallest absolute Gasteiger partial charge is 0.453 e. The Kier molecular flexibility index (Phi) is 11.0. The van der Waals surface area contributed by atoms with Crippen LogP contribution >= 0.6 is 0 Å². The van der Waals surface area contributed by atoms with Crippen LogP contribution in [0.2, 0.25) is 0 Å². The first-order chi connectivity index (χ1) is 19.0. The summed E-state index contributed by atoms with van der Waals surface area (Å²) in [7, 11) is -1.35. The summed E-state index contributed by atoms with van der Waals surface area (Å²) in [6.45, 7) is 0. The van der Waals surface area contributed by atoms with Gasteiger partial charge in [0, 0.05) is 28.7 Å². The Bertz CT molecular complexity index is 984. The number of rotatable bonds is 14. The third-order valence-corrected chi connectivity index (χ3v) is 11.4. The summed E-state index contributed by atoms with van der Waals surface area (Å²) in [6.07, 6.45) is 6.18. The summed E-state index contributed by atoms with van der Waals surface area (Å²) < 4.78 is 74.4. The molecule has 3 nitrogen and oxygen atoms in total. The largest absolute Gasteiger partial charge is 0.508 e. The fourth-order valence-electron chi connectivity index (χ4n) is 7.96. The first-order valence-corrected chi connectivity index (χ1v) is 16.8. The fourth-order valence-corrected chi connectivity index (χ4v) is 9.16. The van der Waals surface area contributed by atoms with E-state index >= 15 is 0 Å². The molecule has 228 valence electrons. The number of alkyl halides is 5. The number of hydrogen-bond donors (Lipinski definition) is 2. The lowest BCUT2D eigenvalue weighted by atomic mass is 9.56. The van der Waals surface area contributed by atoms with Gasteiger partial charge in [0.25, 0.3) is 0 Å². The first-order valence-electron chi connectivity index (χ1n) is 15.3. The predicted octanol–water partition coefficient (Wildman–Crippen LogP) is 8.29. The molecule has 9 heteroatoms. The fraction of sp³-hybridized carbons (Fsp3) is 0.806. The molecule has 3 aliphatic carbocycles. The molecule has 4 rings (SSSR count). The predicted molar refractivity (Wildman–Crippen MR) is 148 cm³/mol. The van der Waals surface area contributed by atoms with Gasteiger partial charge in [-0.2, -0.15) is 22.0 Å². The lowest BCUT2D eigenvalue weighted by molar-refractivity contribution is -0.284. The molecule has 0 radical (unpaired) electrons. The number of unbranched alkanes of at least 4 members (excludes halogenated alkanes) is 6. The number of fused-ring (bicyclic) bond motifs is 5. The molecule has 0 spiro atoms. The molecular formula is C31H45F5O3S. The van der Waals surface area contributed by atoms with Crippen LogP contribution < -0.4 is 0 Å². The highest BCUT2D eigenvalue weighted by Gasteiger charge is 2.56. The third-order valence-electron chi connectivity index (χ3n) is 9.89. The van der Waals surface area contributed by atoms with E-state index in [1.807, 2.05) is 12.1 Å². The SMILES string of the molecule is O=S(CCCCCCCCC[C@@H]1Cc2cc(O)ccc2[C@H]2CC[C@H]3[C@@H](CC[C@@H]3O)[C@H]12)CCCC(F)(F)C(F)(F)F. The number of phenols is 1. The van der Waals surface area contributed by atoms with Gasteiger partial charge < -0.3 is 10.2 Å². The van der Waals surface area contributed by atoms with Crippen molar-refractivity contribution in [2.75, 3.05) is 11.5 Å². The maximum absolute atomic E-state index is 12.9. The summed E-state index contributed by atoms with van der Waals surface area (Å²) in [6, 6.07) is 5.91. The molecule has 2 N–H and O–H groups in total. The van der Waals surface area contributed by atoms with Crippen LogP contribution in [0, 0.1) is 23.7 Å². The lowest BCUT2D eigenvalue weighted by Gasteiger charge is -2.49. The number of halogens is 5. The number of phenolic OH excluding ortho intramolecular Hbond substituents is 1. The number of benzene rings is 1. The van der Waals surface area contributed by atoms with E-state index in [2.05, 4.69) is 6.07 Å². The highest BCUT2D eigenvalue weighted by Crippen LogP contribution is 2.57. The van der Waals surface area contributed by atoms with Crippen molar-refractivity contribution in [3.05, 3.63) is 29.3 Å². The molecule has 2 saturated carbocycles. The van der Waals surface area contributed by atoms with E-state index in [4.69, 9.17) is 0 Å². The van der Waals surface area contributed by atoms with E-state index in [-0.39, 0.29) is 11.9 Å². The second kappa shape index (κ2) is 13.8. The van der Waals surface area contributed by atoms with Gasteiger partial charge in [-0.15, -0.1) is 0 Å². The zero-order valence-corrected chi connectivity index (χ0v) is 24.1. The summed E-state index contributed by atoms with van der Waals surface area (Å²) in [5.41, 5.74) is 2.72. The molecular weight excluding hydrogens is 547 g/mol. The normalized spacial score (nSPS) is 29.1. The van der Waals surface area contributed by atoms with Gasteiger partial charge in [0.15, 0.2) is 0 Å². The van der Waals surface area contributed by atoms with Crippen LogP contribution in [0.25, 0.3) is 0 Å². The van der Waals surface area contributed by atoms with Crippen molar-refractivity contribution in [2.24, 2.45) is 23.7 Å². The second-order valence-electron chi connectivity index (χ2n) is 12.5. The van der Waals surface area contributed by atoms with Gasteiger partial charge in [-0.25, -0.2) is 0 Å². The van der Waals surface area contributed by atoms with Crippen LogP contribution in [0.5, 0.6) is 5.75 Å². The van der Waals surface area contributed by atoms with Gasteiger partial charge in [-0.05, 0) is 104 Å². The van der Waals surface area contributed by atoms with Gasteiger partial charge >= 0.3 is 12.1 Å². The maximum Gasteiger partial charge on any atom is 0.453 e. The summed E-state index contributed by atoms with van der Waals surface area (Å²) in [4.78, 5) is 0. The van der Waals surface area contributed by atoms with Gasteiger partial charge in [0.1, 0.15) is 5.75 Å². The molecule has 3 aliphatic rings. The molecule has 2 fully saturated rings. The molecule has 40 heavy (non-hydrogen) atoms.